The number of rotatable bonds is 7. The van der Waals surface area contributed by atoms with Gasteiger partial charge in [-0.3, -0.25) is 4.79 Å². The molecular weight excluding hydrogens is 370 g/mol. The number of thioether (sulfide) groups is 1. The molecule has 0 aliphatic rings. The maximum Gasteiger partial charge on any atom is 0.192 e. The van der Waals surface area contributed by atoms with Gasteiger partial charge in [-0.15, -0.1) is 10.2 Å². The van der Waals surface area contributed by atoms with Gasteiger partial charge in [-0.25, -0.2) is 0 Å². The van der Waals surface area contributed by atoms with Crippen LogP contribution < -0.4 is 4.74 Å². The molecule has 0 aliphatic carbocycles. The lowest BCUT2D eigenvalue weighted by Crippen LogP contribution is -2.16. The minimum atomic E-state index is -0.251. The van der Waals surface area contributed by atoms with E-state index in [-0.39, 0.29) is 11.0 Å². The molecule has 3 rings (SSSR count). The molecule has 0 N–H and O–H groups in total. The molecule has 0 saturated heterocycles. The molecular formula is C22H25N3O2S. The summed E-state index contributed by atoms with van der Waals surface area (Å²) in [7, 11) is 1.65. The average Bonchev–Trinajstić information content (AvgIpc) is 3.11. The Balaban J connectivity index is 1.85. The van der Waals surface area contributed by atoms with E-state index in [0.29, 0.717) is 0 Å². The average molecular weight is 396 g/mol. The first-order chi connectivity index (χ1) is 13.4. The van der Waals surface area contributed by atoms with Crippen molar-refractivity contribution in [3.8, 4) is 17.1 Å². The second kappa shape index (κ2) is 8.61. The molecule has 0 saturated carbocycles. The van der Waals surface area contributed by atoms with Crippen molar-refractivity contribution in [2.24, 2.45) is 0 Å². The zero-order chi connectivity index (χ0) is 20.3. The summed E-state index contributed by atoms with van der Waals surface area (Å²) < 4.78 is 7.26. The van der Waals surface area contributed by atoms with Crippen LogP contribution in [-0.2, 0) is 6.54 Å². The predicted molar refractivity (Wildman–Crippen MR) is 113 cm³/mol. The highest BCUT2D eigenvalue weighted by Gasteiger charge is 2.22. The van der Waals surface area contributed by atoms with Crippen molar-refractivity contribution in [2.75, 3.05) is 7.11 Å². The van der Waals surface area contributed by atoms with Crippen molar-refractivity contribution in [1.82, 2.24) is 14.8 Å². The fourth-order valence-electron chi connectivity index (χ4n) is 3.05. The summed E-state index contributed by atoms with van der Waals surface area (Å²) in [6.45, 7) is 8.68. The zero-order valence-electron chi connectivity index (χ0n) is 16.9. The number of ether oxygens (including phenoxy) is 1. The summed E-state index contributed by atoms with van der Waals surface area (Å²) >= 11 is 1.45. The molecule has 2 aromatic carbocycles. The van der Waals surface area contributed by atoms with Crippen LogP contribution >= 0.6 is 11.8 Å². The van der Waals surface area contributed by atoms with Crippen LogP contribution in [-0.4, -0.2) is 32.9 Å². The van der Waals surface area contributed by atoms with E-state index in [1.807, 2.05) is 67.8 Å². The Kier molecular flexibility index (Phi) is 6.19. The van der Waals surface area contributed by atoms with E-state index in [1.54, 1.807) is 7.11 Å². The molecule has 0 radical (unpaired) electrons. The van der Waals surface area contributed by atoms with E-state index in [0.717, 1.165) is 45.5 Å². The molecule has 28 heavy (non-hydrogen) atoms. The molecule has 3 aromatic rings. The predicted octanol–water partition coefficient (Wildman–Crippen LogP) is 4.95. The van der Waals surface area contributed by atoms with Gasteiger partial charge in [0.2, 0.25) is 0 Å². The van der Waals surface area contributed by atoms with Crippen molar-refractivity contribution in [2.45, 2.75) is 44.6 Å². The maximum absolute atomic E-state index is 13.0. The lowest BCUT2D eigenvalue weighted by Gasteiger charge is -2.13. The van der Waals surface area contributed by atoms with Gasteiger partial charge < -0.3 is 9.30 Å². The highest BCUT2D eigenvalue weighted by atomic mass is 32.2. The Morgan fingerprint density at radius 3 is 2.50 bits per heavy atom. The number of nitrogens with zero attached hydrogens (tertiary/aromatic N) is 3. The van der Waals surface area contributed by atoms with Gasteiger partial charge in [-0.05, 0) is 63.6 Å². The molecule has 0 aliphatic heterocycles. The Bertz CT molecular complexity index is 980. The van der Waals surface area contributed by atoms with Crippen LogP contribution in [0.2, 0.25) is 0 Å². The molecule has 5 nitrogen and oxygen atoms in total. The van der Waals surface area contributed by atoms with E-state index in [9.17, 15) is 4.79 Å². The minimum absolute atomic E-state index is 0.114. The molecule has 0 unspecified atom stereocenters. The van der Waals surface area contributed by atoms with Gasteiger partial charge in [-0.1, -0.05) is 29.5 Å². The molecule has 0 amide bonds. The Morgan fingerprint density at radius 1 is 1.14 bits per heavy atom. The number of aryl methyl sites for hydroxylation is 2. The SMILES string of the molecule is CCn1c(S[C@@H](C)C(=O)c2cc(C)ccc2C)nnc1-c1ccc(OC)cc1. The third-order valence-electron chi connectivity index (χ3n) is 4.69. The van der Waals surface area contributed by atoms with Gasteiger partial charge in [-0.2, -0.15) is 0 Å². The number of aromatic nitrogens is 3. The number of hydrogen-bond acceptors (Lipinski definition) is 5. The molecule has 0 bridgehead atoms. The van der Waals surface area contributed by atoms with Gasteiger partial charge in [0.25, 0.3) is 0 Å². The smallest absolute Gasteiger partial charge is 0.192 e. The van der Waals surface area contributed by atoms with Crippen molar-refractivity contribution < 1.29 is 9.53 Å². The third kappa shape index (κ3) is 4.12. The van der Waals surface area contributed by atoms with Crippen molar-refractivity contribution in [3.05, 3.63) is 59.2 Å². The van der Waals surface area contributed by atoms with Crippen LogP contribution in [0.5, 0.6) is 5.75 Å². The third-order valence-corrected chi connectivity index (χ3v) is 5.77. The topological polar surface area (TPSA) is 57.0 Å². The lowest BCUT2D eigenvalue weighted by molar-refractivity contribution is 0.0993. The molecule has 0 spiro atoms. The second-order valence-electron chi connectivity index (χ2n) is 6.72. The number of hydrogen-bond donors (Lipinski definition) is 0. The Morgan fingerprint density at radius 2 is 1.86 bits per heavy atom. The number of methoxy groups -OCH3 is 1. The minimum Gasteiger partial charge on any atom is -0.497 e. The second-order valence-corrected chi connectivity index (χ2v) is 8.03. The first-order valence-corrected chi connectivity index (χ1v) is 10.2. The standard InChI is InChI=1S/C22H25N3O2S/c1-6-25-21(17-9-11-18(27-5)12-10-17)23-24-22(25)28-16(4)20(26)19-13-14(2)7-8-15(19)3/h7-13,16H,6H2,1-5H3/t16-/m0/s1. The number of carbonyl (C=O) groups excluding carboxylic acids is 1. The number of Topliss-reactive ketones (excluding diaryl/α,β-unsaturated/α-hetero) is 1. The summed E-state index contributed by atoms with van der Waals surface area (Å²) in [5.41, 5.74) is 3.83. The van der Waals surface area contributed by atoms with Crippen molar-refractivity contribution in [1.29, 1.82) is 0 Å². The first-order valence-electron chi connectivity index (χ1n) is 9.30. The number of carbonyl (C=O) groups is 1. The zero-order valence-corrected chi connectivity index (χ0v) is 17.7. The van der Waals surface area contributed by atoms with Gasteiger partial charge in [0.05, 0.1) is 12.4 Å². The van der Waals surface area contributed by atoms with E-state index in [1.165, 1.54) is 11.8 Å². The van der Waals surface area contributed by atoms with E-state index < -0.39 is 0 Å². The van der Waals surface area contributed by atoms with Crippen molar-refractivity contribution >= 4 is 17.5 Å². The quantitative estimate of drug-likeness (QED) is 0.418. The molecule has 146 valence electrons. The highest BCUT2D eigenvalue weighted by molar-refractivity contribution is 8.00. The molecule has 1 heterocycles. The monoisotopic (exact) mass is 395 g/mol. The largest absolute Gasteiger partial charge is 0.497 e. The number of ketones is 1. The Labute approximate surface area is 170 Å². The molecule has 0 fully saturated rings. The van der Waals surface area contributed by atoms with Gasteiger partial charge in [0.15, 0.2) is 16.8 Å². The van der Waals surface area contributed by atoms with Crippen LogP contribution in [0.1, 0.15) is 35.3 Å². The van der Waals surface area contributed by atoms with Gasteiger partial charge in [0.1, 0.15) is 5.75 Å². The summed E-state index contributed by atoms with van der Waals surface area (Å²) in [6, 6.07) is 13.7. The van der Waals surface area contributed by atoms with E-state index >= 15 is 0 Å². The fourth-order valence-corrected chi connectivity index (χ4v) is 4.03. The van der Waals surface area contributed by atoms with Gasteiger partial charge in [0, 0.05) is 17.7 Å². The van der Waals surface area contributed by atoms with Crippen LogP contribution in [0.4, 0.5) is 0 Å². The van der Waals surface area contributed by atoms with Crippen LogP contribution in [0.25, 0.3) is 11.4 Å². The maximum atomic E-state index is 13.0. The summed E-state index contributed by atoms with van der Waals surface area (Å²) in [6.07, 6.45) is 0. The van der Waals surface area contributed by atoms with Gasteiger partial charge >= 0.3 is 0 Å². The summed E-state index contributed by atoms with van der Waals surface area (Å²) in [5.74, 6) is 1.70. The Hall–Kier alpha value is -2.60. The van der Waals surface area contributed by atoms with Crippen LogP contribution in [0.15, 0.2) is 47.6 Å². The summed E-state index contributed by atoms with van der Waals surface area (Å²) in [5, 5.41) is 9.22. The van der Waals surface area contributed by atoms with E-state index in [2.05, 4.69) is 17.1 Å². The normalized spacial score (nSPS) is 12.0. The number of benzene rings is 2. The highest BCUT2D eigenvalue weighted by Crippen LogP contribution is 2.29. The fraction of sp³-hybridized carbons (Fsp3) is 0.318. The van der Waals surface area contributed by atoms with Crippen LogP contribution in [0.3, 0.4) is 0 Å². The first kappa shape index (κ1) is 20.1. The summed E-state index contributed by atoms with van der Waals surface area (Å²) in [4.78, 5) is 13.0. The van der Waals surface area contributed by atoms with Crippen LogP contribution in [0, 0.1) is 13.8 Å². The van der Waals surface area contributed by atoms with Crippen molar-refractivity contribution in [3.63, 3.8) is 0 Å². The molecule has 1 atom stereocenters. The van der Waals surface area contributed by atoms with E-state index in [4.69, 9.17) is 4.74 Å². The molecule has 1 aromatic heterocycles. The molecule has 6 heteroatoms. The lowest BCUT2D eigenvalue weighted by atomic mass is 10.0.